The zero-order chi connectivity index (χ0) is 22.1. The van der Waals surface area contributed by atoms with Gasteiger partial charge in [-0.15, -0.1) is 11.3 Å². The first kappa shape index (κ1) is 20.8. The van der Waals surface area contributed by atoms with Crippen molar-refractivity contribution in [3.8, 4) is 5.69 Å². The highest BCUT2D eigenvalue weighted by Gasteiger charge is 2.18. The maximum Gasteiger partial charge on any atom is 0.336 e. The van der Waals surface area contributed by atoms with Gasteiger partial charge in [0.1, 0.15) is 11.2 Å². The lowest BCUT2D eigenvalue weighted by Crippen LogP contribution is -2.41. The van der Waals surface area contributed by atoms with Gasteiger partial charge in [0.2, 0.25) is 5.91 Å². The third kappa shape index (κ3) is 4.09. The van der Waals surface area contributed by atoms with E-state index < -0.39 is 5.69 Å². The molecule has 0 aliphatic carbocycles. The van der Waals surface area contributed by atoms with E-state index >= 15 is 0 Å². The Morgan fingerprint density at radius 2 is 1.68 bits per heavy atom. The van der Waals surface area contributed by atoms with Gasteiger partial charge in [-0.05, 0) is 55.0 Å². The normalized spacial score (nSPS) is 11.1. The molecular formula is C24H23N3O3S. The summed E-state index contributed by atoms with van der Waals surface area (Å²) in [4.78, 5) is 39.1. The number of nitrogens with one attached hydrogen (secondary N) is 1. The van der Waals surface area contributed by atoms with Crippen LogP contribution in [0, 0.1) is 20.8 Å². The fourth-order valence-electron chi connectivity index (χ4n) is 3.52. The highest BCUT2D eigenvalue weighted by atomic mass is 32.1. The summed E-state index contributed by atoms with van der Waals surface area (Å²) < 4.78 is 3.00. The van der Waals surface area contributed by atoms with Crippen molar-refractivity contribution in [2.75, 3.05) is 0 Å². The lowest BCUT2D eigenvalue weighted by atomic mass is 10.1. The molecule has 2 aromatic carbocycles. The minimum absolute atomic E-state index is 0.164. The first-order chi connectivity index (χ1) is 14.8. The zero-order valence-corrected chi connectivity index (χ0v) is 18.5. The van der Waals surface area contributed by atoms with E-state index in [-0.39, 0.29) is 18.0 Å². The van der Waals surface area contributed by atoms with E-state index in [1.165, 1.54) is 20.5 Å². The van der Waals surface area contributed by atoms with Gasteiger partial charge in [-0.2, -0.15) is 0 Å². The van der Waals surface area contributed by atoms with E-state index in [1.807, 2.05) is 63.2 Å². The van der Waals surface area contributed by atoms with Crippen molar-refractivity contribution in [2.45, 2.75) is 33.9 Å². The predicted octanol–water partition coefficient (Wildman–Crippen LogP) is 3.46. The smallest absolute Gasteiger partial charge is 0.336 e. The van der Waals surface area contributed by atoms with Crippen molar-refractivity contribution in [3.05, 3.63) is 97.0 Å². The Morgan fingerprint density at radius 3 is 2.42 bits per heavy atom. The molecule has 0 unspecified atom stereocenters. The molecule has 0 saturated heterocycles. The van der Waals surface area contributed by atoms with Gasteiger partial charge in [-0.3, -0.25) is 14.2 Å². The molecule has 7 heteroatoms. The van der Waals surface area contributed by atoms with Gasteiger partial charge in [-0.25, -0.2) is 9.36 Å². The second-order valence-corrected chi connectivity index (χ2v) is 8.61. The molecule has 0 bridgehead atoms. The monoisotopic (exact) mass is 433 g/mol. The van der Waals surface area contributed by atoms with Crippen molar-refractivity contribution in [3.63, 3.8) is 0 Å². The second-order valence-electron chi connectivity index (χ2n) is 7.70. The Hall–Kier alpha value is -3.45. The first-order valence-corrected chi connectivity index (χ1v) is 10.9. The van der Waals surface area contributed by atoms with Gasteiger partial charge in [-0.1, -0.05) is 42.0 Å². The van der Waals surface area contributed by atoms with Gasteiger partial charge in [0.15, 0.2) is 0 Å². The van der Waals surface area contributed by atoms with Gasteiger partial charge in [0.25, 0.3) is 5.56 Å². The van der Waals surface area contributed by atoms with Crippen LogP contribution in [0.1, 0.15) is 22.3 Å². The molecule has 0 fully saturated rings. The van der Waals surface area contributed by atoms with E-state index in [0.717, 1.165) is 22.3 Å². The summed E-state index contributed by atoms with van der Waals surface area (Å²) in [6.45, 7) is 5.98. The lowest BCUT2D eigenvalue weighted by molar-refractivity contribution is -0.121. The van der Waals surface area contributed by atoms with Crippen LogP contribution in [0.3, 0.4) is 0 Å². The van der Waals surface area contributed by atoms with E-state index in [9.17, 15) is 14.4 Å². The van der Waals surface area contributed by atoms with E-state index in [1.54, 1.807) is 11.4 Å². The van der Waals surface area contributed by atoms with Crippen molar-refractivity contribution in [1.82, 2.24) is 14.5 Å². The maximum absolute atomic E-state index is 13.4. The third-order valence-electron chi connectivity index (χ3n) is 5.27. The minimum Gasteiger partial charge on any atom is -0.350 e. The number of carbonyl (C=O) groups is 1. The van der Waals surface area contributed by atoms with E-state index in [4.69, 9.17) is 0 Å². The minimum atomic E-state index is -0.518. The van der Waals surface area contributed by atoms with Crippen molar-refractivity contribution >= 4 is 27.5 Å². The van der Waals surface area contributed by atoms with Crippen LogP contribution < -0.4 is 16.6 Å². The summed E-state index contributed by atoms with van der Waals surface area (Å²) in [7, 11) is 0. The molecule has 0 saturated carbocycles. The van der Waals surface area contributed by atoms with Crippen LogP contribution in [0.15, 0.2) is 63.5 Å². The average molecular weight is 434 g/mol. The van der Waals surface area contributed by atoms with Crippen molar-refractivity contribution < 1.29 is 4.79 Å². The fourth-order valence-corrected chi connectivity index (χ4v) is 4.34. The number of hydrogen-bond acceptors (Lipinski definition) is 4. The number of fused-ring (bicyclic) bond motifs is 1. The standard InChI is InChI=1S/C24H23N3O3S/c1-15-5-8-18(9-6-15)13-25-21(28)14-26-19-10-11-31-22(19)23(29)27(24(26)30)20-12-16(2)4-7-17(20)3/h4-12H,13-14H2,1-3H3,(H,25,28). The van der Waals surface area contributed by atoms with Crippen LogP contribution in [0.4, 0.5) is 0 Å². The van der Waals surface area contributed by atoms with Crippen LogP contribution in [0.2, 0.25) is 0 Å². The Kier molecular flexibility index (Phi) is 5.61. The number of aryl methyl sites for hydroxylation is 3. The Labute approximate surface area is 183 Å². The molecule has 0 radical (unpaired) electrons. The molecule has 2 aromatic heterocycles. The number of rotatable bonds is 5. The molecule has 6 nitrogen and oxygen atoms in total. The largest absolute Gasteiger partial charge is 0.350 e. The van der Waals surface area contributed by atoms with E-state index in [2.05, 4.69) is 5.32 Å². The third-order valence-corrected chi connectivity index (χ3v) is 6.16. The molecule has 0 spiro atoms. The number of thiophene rings is 1. The highest BCUT2D eigenvalue weighted by molar-refractivity contribution is 7.17. The molecule has 0 aliphatic rings. The molecule has 31 heavy (non-hydrogen) atoms. The Morgan fingerprint density at radius 1 is 0.968 bits per heavy atom. The number of aromatic nitrogens is 2. The summed E-state index contributed by atoms with van der Waals surface area (Å²) in [5, 5.41) is 4.63. The predicted molar refractivity (Wildman–Crippen MR) is 124 cm³/mol. The molecule has 0 atom stereocenters. The number of amides is 1. The summed E-state index contributed by atoms with van der Waals surface area (Å²) in [6.07, 6.45) is 0. The highest BCUT2D eigenvalue weighted by Crippen LogP contribution is 2.18. The summed E-state index contributed by atoms with van der Waals surface area (Å²) in [5.74, 6) is -0.290. The molecule has 4 rings (SSSR count). The second kappa shape index (κ2) is 8.35. The fraction of sp³-hybridized carbons (Fsp3) is 0.208. The lowest BCUT2D eigenvalue weighted by Gasteiger charge is -2.14. The zero-order valence-electron chi connectivity index (χ0n) is 17.6. The summed E-state index contributed by atoms with van der Waals surface area (Å²) in [5.41, 5.74) is 4.03. The molecule has 4 aromatic rings. The van der Waals surface area contributed by atoms with Gasteiger partial charge in [0, 0.05) is 6.54 Å². The molecule has 1 amide bonds. The van der Waals surface area contributed by atoms with Crippen LogP contribution in [-0.2, 0) is 17.9 Å². The average Bonchev–Trinajstić information content (AvgIpc) is 3.23. The summed E-state index contributed by atoms with van der Waals surface area (Å²) in [6, 6.07) is 15.2. The van der Waals surface area contributed by atoms with Gasteiger partial charge >= 0.3 is 5.69 Å². The Balaban J connectivity index is 1.72. The van der Waals surface area contributed by atoms with Crippen LogP contribution in [0.5, 0.6) is 0 Å². The molecule has 1 N–H and O–H groups in total. The number of benzene rings is 2. The van der Waals surface area contributed by atoms with Crippen molar-refractivity contribution in [1.29, 1.82) is 0 Å². The van der Waals surface area contributed by atoms with Crippen LogP contribution >= 0.6 is 11.3 Å². The van der Waals surface area contributed by atoms with Gasteiger partial charge < -0.3 is 5.32 Å². The summed E-state index contributed by atoms with van der Waals surface area (Å²) >= 11 is 1.27. The SMILES string of the molecule is Cc1ccc(CNC(=O)Cn2c(=O)n(-c3cc(C)ccc3C)c(=O)c3sccc32)cc1. The molecule has 0 aliphatic heterocycles. The first-order valence-electron chi connectivity index (χ1n) is 9.98. The van der Waals surface area contributed by atoms with E-state index in [0.29, 0.717) is 22.4 Å². The molecular weight excluding hydrogens is 410 g/mol. The molecule has 2 heterocycles. The number of carbonyl (C=O) groups excluding carboxylic acids is 1. The number of nitrogens with zero attached hydrogens (tertiary/aromatic N) is 2. The topological polar surface area (TPSA) is 73.1 Å². The molecule has 158 valence electrons. The van der Waals surface area contributed by atoms with Crippen LogP contribution in [0.25, 0.3) is 15.9 Å². The van der Waals surface area contributed by atoms with Gasteiger partial charge in [0.05, 0.1) is 11.2 Å². The van der Waals surface area contributed by atoms with Crippen molar-refractivity contribution in [2.24, 2.45) is 0 Å². The van der Waals surface area contributed by atoms with Crippen LogP contribution in [-0.4, -0.2) is 15.0 Å². The maximum atomic E-state index is 13.4. The Bertz CT molecular complexity index is 1390. The number of hydrogen-bond donors (Lipinski definition) is 1. The quantitative estimate of drug-likeness (QED) is 0.524.